The van der Waals surface area contributed by atoms with E-state index in [0.29, 0.717) is 5.92 Å². The lowest BCUT2D eigenvalue weighted by atomic mass is 9.64. The van der Waals surface area contributed by atoms with Gasteiger partial charge in [0.15, 0.2) is 0 Å². The van der Waals surface area contributed by atoms with Crippen LogP contribution in [-0.2, 0) is 9.31 Å². The maximum Gasteiger partial charge on any atom is 0.464 e. The molecule has 0 aromatic carbocycles. The lowest BCUT2D eigenvalue weighted by molar-refractivity contribution is 0.00578. The van der Waals surface area contributed by atoms with Crippen molar-refractivity contribution in [2.45, 2.75) is 76.8 Å². The standard InChI is InChI=1S/C14H27BO3/c1-6-7-8-14(9-11(14)10-16)15-17-12(2,3)13(4,5)18-15/h11,16H,6-10H2,1-5H3/t11-,14+/m0/s1. The topological polar surface area (TPSA) is 38.7 Å². The largest absolute Gasteiger partial charge is 0.464 e. The predicted octanol–water partition coefficient (Wildman–Crippen LogP) is 3.02. The molecule has 0 radical (unpaired) electrons. The third-order valence-electron chi connectivity index (χ3n) is 5.22. The molecule has 0 aromatic heterocycles. The summed E-state index contributed by atoms with van der Waals surface area (Å²) in [5.74, 6) is 0.360. The molecule has 0 spiro atoms. The van der Waals surface area contributed by atoms with E-state index in [1.807, 2.05) is 0 Å². The van der Waals surface area contributed by atoms with Crippen molar-refractivity contribution < 1.29 is 14.4 Å². The molecule has 1 saturated carbocycles. The van der Waals surface area contributed by atoms with Gasteiger partial charge >= 0.3 is 7.12 Å². The van der Waals surface area contributed by atoms with Crippen LogP contribution in [0, 0.1) is 5.92 Å². The van der Waals surface area contributed by atoms with E-state index in [9.17, 15) is 5.11 Å². The first-order chi connectivity index (χ1) is 8.29. The highest BCUT2D eigenvalue weighted by atomic mass is 16.7. The van der Waals surface area contributed by atoms with Crippen molar-refractivity contribution in [1.82, 2.24) is 0 Å². The van der Waals surface area contributed by atoms with Crippen LogP contribution >= 0.6 is 0 Å². The minimum absolute atomic E-state index is 0.0653. The number of hydrogen-bond acceptors (Lipinski definition) is 3. The van der Waals surface area contributed by atoms with Gasteiger partial charge in [-0.05, 0) is 46.5 Å². The number of rotatable bonds is 5. The van der Waals surface area contributed by atoms with Crippen molar-refractivity contribution in [2.24, 2.45) is 5.92 Å². The molecule has 1 aliphatic carbocycles. The van der Waals surface area contributed by atoms with Gasteiger partial charge in [0.2, 0.25) is 0 Å². The van der Waals surface area contributed by atoms with Crippen LogP contribution < -0.4 is 0 Å². The Balaban J connectivity index is 2.11. The summed E-state index contributed by atoms with van der Waals surface area (Å²) in [6.07, 6.45) is 4.51. The van der Waals surface area contributed by atoms with Gasteiger partial charge in [0.25, 0.3) is 0 Å². The summed E-state index contributed by atoms with van der Waals surface area (Å²) in [5.41, 5.74) is -0.529. The Bertz CT molecular complexity index is 300. The molecule has 0 bridgehead atoms. The normalized spacial score (nSPS) is 37.0. The SMILES string of the molecule is CCCC[C@@]1(B2OC(C)(C)C(C)(C)O2)C[C@H]1CO. The molecule has 1 saturated heterocycles. The third kappa shape index (κ3) is 2.12. The molecule has 2 rings (SSSR count). The maximum absolute atomic E-state index is 9.45. The fraction of sp³-hybridized carbons (Fsp3) is 1.00. The van der Waals surface area contributed by atoms with Crippen LogP contribution in [0.1, 0.15) is 60.3 Å². The Morgan fingerprint density at radius 1 is 1.17 bits per heavy atom. The van der Waals surface area contributed by atoms with E-state index in [4.69, 9.17) is 9.31 Å². The van der Waals surface area contributed by atoms with Crippen molar-refractivity contribution in [2.75, 3.05) is 6.61 Å². The van der Waals surface area contributed by atoms with Crippen LogP contribution in [0.15, 0.2) is 0 Å². The molecule has 0 amide bonds. The summed E-state index contributed by atoms with van der Waals surface area (Å²) in [5, 5.41) is 9.52. The number of aliphatic hydroxyl groups excluding tert-OH is 1. The first-order valence-electron chi connectivity index (χ1n) is 7.25. The highest BCUT2D eigenvalue weighted by molar-refractivity contribution is 6.51. The van der Waals surface area contributed by atoms with Crippen LogP contribution in [0.25, 0.3) is 0 Å². The smallest absolute Gasteiger partial charge is 0.403 e. The quantitative estimate of drug-likeness (QED) is 0.766. The van der Waals surface area contributed by atoms with Crippen LogP contribution in [0.5, 0.6) is 0 Å². The van der Waals surface area contributed by atoms with Crippen molar-refractivity contribution in [1.29, 1.82) is 0 Å². The minimum Gasteiger partial charge on any atom is -0.403 e. The van der Waals surface area contributed by atoms with E-state index < -0.39 is 0 Å². The highest BCUT2D eigenvalue weighted by Crippen LogP contribution is 2.67. The Morgan fingerprint density at radius 3 is 2.11 bits per heavy atom. The van der Waals surface area contributed by atoms with Gasteiger partial charge in [0.1, 0.15) is 0 Å². The van der Waals surface area contributed by atoms with Gasteiger partial charge in [0.05, 0.1) is 11.2 Å². The van der Waals surface area contributed by atoms with Gasteiger partial charge in [-0.15, -0.1) is 0 Å². The summed E-state index contributed by atoms with van der Waals surface area (Å²) in [6, 6.07) is 0. The predicted molar refractivity (Wildman–Crippen MR) is 73.5 cm³/mol. The lowest BCUT2D eigenvalue weighted by Gasteiger charge is -2.32. The van der Waals surface area contributed by atoms with Crippen molar-refractivity contribution in [3.63, 3.8) is 0 Å². The van der Waals surface area contributed by atoms with Gasteiger partial charge in [-0.25, -0.2) is 0 Å². The fourth-order valence-electron chi connectivity index (χ4n) is 2.94. The monoisotopic (exact) mass is 254 g/mol. The van der Waals surface area contributed by atoms with Gasteiger partial charge in [-0.1, -0.05) is 19.8 Å². The molecule has 0 unspecified atom stereocenters. The zero-order chi connectivity index (χ0) is 13.6. The Kier molecular flexibility index (Phi) is 3.59. The summed E-state index contributed by atoms with van der Waals surface area (Å²) >= 11 is 0. The van der Waals surface area contributed by atoms with E-state index in [-0.39, 0.29) is 30.2 Å². The molecule has 1 heterocycles. The van der Waals surface area contributed by atoms with Crippen LogP contribution in [0.4, 0.5) is 0 Å². The molecule has 0 aromatic rings. The summed E-state index contributed by atoms with van der Waals surface area (Å²) in [4.78, 5) is 0. The summed E-state index contributed by atoms with van der Waals surface area (Å²) < 4.78 is 12.4. The Labute approximate surface area is 111 Å². The maximum atomic E-state index is 9.45. The molecule has 18 heavy (non-hydrogen) atoms. The van der Waals surface area contributed by atoms with Crippen LogP contribution in [-0.4, -0.2) is 30.0 Å². The fourth-order valence-corrected chi connectivity index (χ4v) is 2.94. The first kappa shape index (κ1) is 14.4. The van der Waals surface area contributed by atoms with E-state index in [2.05, 4.69) is 34.6 Å². The molecule has 3 nitrogen and oxygen atoms in total. The molecule has 2 fully saturated rings. The summed E-state index contributed by atoms with van der Waals surface area (Å²) in [6.45, 7) is 10.8. The highest BCUT2D eigenvalue weighted by Gasteiger charge is 2.68. The molecular formula is C14H27BO3. The first-order valence-corrected chi connectivity index (χ1v) is 7.25. The van der Waals surface area contributed by atoms with E-state index in [0.717, 1.165) is 12.8 Å². The number of aliphatic hydroxyl groups is 1. The van der Waals surface area contributed by atoms with Crippen molar-refractivity contribution in [3.8, 4) is 0 Å². The average molecular weight is 254 g/mol. The van der Waals surface area contributed by atoms with Gasteiger partial charge in [-0.2, -0.15) is 0 Å². The van der Waals surface area contributed by atoms with Crippen molar-refractivity contribution in [3.05, 3.63) is 0 Å². The minimum atomic E-state index is -0.264. The van der Waals surface area contributed by atoms with E-state index in [1.165, 1.54) is 12.8 Å². The van der Waals surface area contributed by atoms with Gasteiger partial charge in [0, 0.05) is 11.9 Å². The lowest BCUT2D eigenvalue weighted by Crippen LogP contribution is -2.41. The zero-order valence-corrected chi connectivity index (χ0v) is 12.5. The second-order valence-corrected chi connectivity index (χ2v) is 7.01. The Hall–Kier alpha value is -0.0551. The molecule has 1 aliphatic heterocycles. The van der Waals surface area contributed by atoms with E-state index in [1.54, 1.807) is 0 Å². The average Bonchev–Trinajstić information content (AvgIpc) is 2.94. The molecule has 2 atom stereocenters. The molecule has 104 valence electrons. The van der Waals surface area contributed by atoms with Crippen LogP contribution in [0.3, 0.4) is 0 Å². The molecule has 4 heteroatoms. The molecular weight excluding hydrogens is 227 g/mol. The van der Waals surface area contributed by atoms with Gasteiger partial charge < -0.3 is 14.4 Å². The second-order valence-electron chi connectivity index (χ2n) is 7.01. The Morgan fingerprint density at radius 2 is 1.72 bits per heavy atom. The zero-order valence-electron chi connectivity index (χ0n) is 12.5. The number of hydrogen-bond donors (Lipinski definition) is 1. The van der Waals surface area contributed by atoms with Crippen LogP contribution in [0.2, 0.25) is 5.31 Å². The molecule has 1 N–H and O–H groups in total. The second kappa shape index (κ2) is 4.50. The third-order valence-corrected chi connectivity index (χ3v) is 5.22. The summed E-state index contributed by atoms with van der Waals surface area (Å²) in [7, 11) is -0.147. The number of unbranched alkanes of at least 4 members (excludes halogenated alkanes) is 1. The van der Waals surface area contributed by atoms with Gasteiger partial charge in [-0.3, -0.25) is 0 Å². The van der Waals surface area contributed by atoms with E-state index >= 15 is 0 Å². The van der Waals surface area contributed by atoms with Crippen molar-refractivity contribution >= 4 is 7.12 Å². The molecule has 2 aliphatic rings.